The molecule has 1 aromatic heterocycles. The van der Waals surface area contributed by atoms with Crippen molar-refractivity contribution in [1.82, 2.24) is 19.9 Å². The van der Waals surface area contributed by atoms with Crippen molar-refractivity contribution in [2.75, 3.05) is 6.54 Å². The summed E-state index contributed by atoms with van der Waals surface area (Å²) in [5.74, 6) is 0.525. The van der Waals surface area contributed by atoms with Crippen LogP contribution in [0.4, 0.5) is 0 Å². The first-order valence-electron chi connectivity index (χ1n) is 7.28. The van der Waals surface area contributed by atoms with E-state index in [1.807, 2.05) is 33.8 Å². The number of benzene rings is 1. The van der Waals surface area contributed by atoms with E-state index in [1.165, 1.54) is 0 Å². The minimum absolute atomic E-state index is 0.0461. The highest BCUT2D eigenvalue weighted by Gasteiger charge is 2.31. The van der Waals surface area contributed by atoms with Gasteiger partial charge >= 0.3 is 0 Å². The summed E-state index contributed by atoms with van der Waals surface area (Å²) in [4.78, 5) is 14.2. The second-order valence-electron chi connectivity index (χ2n) is 5.72. The van der Waals surface area contributed by atoms with Gasteiger partial charge in [-0.05, 0) is 30.9 Å². The van der Waals surface area contributed by atoms with Crippen LogP contribution in [0.5, 0.6) is 0 Å². The normalized spacial score (nSPS) is 17.9. The molecule has 106 valence electrons. The zero-order valence-electron chi connectivity index (χ0n) is 12.0. The summed E-state index contributed by atoms with van der Waals surface area (Å²) in [6.45, 7) is 5.07. The number of likely N-dealkylation sites (tertiary alicyclic amines) is 1. The quantitative estimate of drug-likeness (QED) is 0.863. The molecule has 0 aliphatic carbocycles. The lowest BCUT2D eigenvalue weighted by atomic mass is 10.0. The third-order valence-corrected chi connectivity index (χ3v) is 3.90. The molecular formula is C15H20N4O. The van der Waals surface area contributed by atoms with Gasteiger partial charge in [-0.25, -0.2) is 4.68 Å². The number of aromatic nitrogens is 3. The van der Waals surface area contributed by atoms with Crippen LogP contribution in [-0.2, 0) is 4.79 Å². The van der Waals surface area contributed by atoms with Crippen LogP contribution in [0, 0.1) is 5.92 Å². The van der Waals surface area contributed by atoms with Crippen molar-refractivity contribution in [3.63, 3.8) is 0 Å². The van der Waals surface area contributed by atoms with Gasteiger partial charge < -0.3 is 4.90 Å². The topological polar surface area (TPSA) is 51.0 Å². The van der Waals surface area contributed by atoms with Crippen LogP contribution in [0.1, 0.15) is 39.3 Å². The van der Waals surface area contributed by atoms with Crippen LogP contribution in [0.25, 0.3) is 11.0 Å². The zero-order valence-corrected chi connectivity index (χ0v) is 12.0. The highest BCUT2D eigenvalue weighted by Crippen LogP contribution is 2.28. The Hall–Kier alpha value is -1.91. The minimum atomic E-state index is -0.0461. The third-order valence-electron chi connectivity index (χ3n) is 3.90. The zero-order chi connectivity index (χ0) is 14.1. The molecule has 0 spiro atoms. The highest BCUT2D eigenvalue weighted by atomic mass is 16.2. The van der Waals surface area contributed by atoms with Gasteiger partial charge in [0.25, 0.3) is 0 Å². The third kappa shape index (κ3) is 2.17. The number of carbonyl (C=O) groups is 1. The molecule has 1 amide bonds. The van der Waals surface area contributed by atoms with E-state index in [9.17, 15) is 4.79 Å². The first-order chi connectivity index (χ1) is 9.68. The maximum absolute atomic E-state index is 12.2. The van der Waals surface area contributed by atoms with Gasteiger partial charge in [0, 0.05) is 13.0 Å². The Morgan fingerprint density at radius 3 is 2.75 bits per heavy atom. The number of hydrogen-bond donors (Lipinski definition) is 0. The molecule has 0 bridgehead atoms. The number of piperidine rings is 1. The Labute approximate surface area is 118 Å². The standard InChI is InChI=1S/C15H20N4O/c1-11(2)15(18-10-6-5-9-14(18)20)19-13-8-4-3-7-12(13)16-17-19/h3-4,7-8,11,15H,5-6,9-10H2,1-2H3/t15-/m1/s1. The maximum Gasteiger partial charge on any atom is 0.224 e. The molecule has 1 atom stereocenters. The molecule has 5 nitrogen and oxygen atoms in total. The molecule has 0 unspecified atom stereocenters. The van der Waals surface area contributed by atoms with Crippen LogP contribution < -0.4 is 0 Å². The number of carbonyl (C=O) groups excluding carboxylic acids is 1. The monoisotopic (exact) mass is 272 g/mol. The molecule has 1 fully saturated rings. The number of fused-ring (bicyclic) bond motifs is 1. The summed E-state index contributed by atoms with van der Waals surface area (Å²) in [7, 11) is 0. The number of hydrogen-bond acceptors (Lipinski definition) is 3. The van der Waals surface area contributed by atoms with Crippen molar-refractivity contribution in [2.45, 2.75) is 39.3 Å². The molecule has 0 radical (unpaired) electrons. The van der Waals surface area contributed by atoms with Gasteiger partial charge in [-0.3, -0.25) is 4.79 Å². The summed E-state index contributed by atoms with van der Waals surface area (Å²) in [6.07, 6.45) is 2.67. The van der Waals surface area contributed by atoms with E-state index in [-0.39, 0.29) is 12.1 Å². The first kappa shape index (κ1) is 13.1. The van der Waals surface area contributed by atoms with Crippen molar-refractivity contribution in [1.29, 1.82) is 0 Å². The lowest BCUT2D eigenvalue weighted by molar-refractivity contribution is -0.139. The van der Waals surface area contributed by atoms with Gasteiger partial charge in [0.15, 0.2) is 0 Å². The Morgan fingerprint density at radius 1 is 1.20 bits per heavy atom. The molecule has 3 rings (SSSR count). The van der Waals surface area contributed by atoms with Crippen LogP contribution in [-0.4, -0.2) is 32.3 Å². The second kappa shape index (κ2) is 5.23. The van der Waals surface area contributed by atoms with Gasteiger partial charge in [0.1, 0.15) is 11.7 Å². The van der Waals surface area contributed by atoms with Gasteiger partial charge in [-0.1, -0.05) is 31.2 Å². The van der Waals surface area contributed by atoms with Gasteiger partial charge in [-0.2, -0.15) is 0 Å². The van der Waals surface area contributed by atoms with Crippen molar-refractivity contribution < 1.29 is 4.79 Å². The number of rotatable bonds is 3. The molecule has 1 aromatic carbocycles. The molecular weight excluding hydrogens is 252 g/mol. The molecule has 1 aliphatic heterocycles. The SMILES string of the molecule is CC(C)[C@H](N1CCCCC1=O)n1nnc2ccccc21. The van der Waals surface area contributed by atoms with E-state index in [0.29, 0.717) is 12.3 Å². The van der Waals surface area contributed by atoms with Crippen molar-refractivity contribution in [3.8, 4) is 0 Å². The Morgan fingerprint density at radius 2 is 2.00 bits per heavy atom. The van der Waals surface area contributed by atoms with Gasteiger partial charge in [0.2, 0.25) is 5.91 Å². The smallest absolute Gasteiger partial charge is 0.224 e. The molecule has 2 heterocycles. The van der Waals surface area contributed by atoms with Gasteiger partial charge in [-0.15, -0.1) is 5.10 Å². The highest BCUT2D eigenvalue weighted by molar-refractivity contribution is 5.78. The summed E-state index contributed by atoms with van der Waals surface area (Å²) in [6, 6.07) is 7.91. The van der Waals surface area contributed by atoms with Crippen LogP contribution >= 0.6 is 0 Å². The predicted molar refractivity (Wildman–Crippen MR) is 77.0 cm³/mol. The fourth-order valence-corrected chi connectivity index (χ4v) is 2.96. The Bertz CT molecular complexity index is 619. The molecule has 20 heavy (non-hydrogen) atoms. The first-order valence-corrected chi connectivity index (χ1v) is 7.28. The van der Waals surface area contributed by atoms with E-state index in [1.54, 1.807) is 0 Å². The predicted octanol–water partition coefficient (Wildman–Crippen LogP) is 2.60. The largest absolute Gasteiger partial charge is 0.320 e. The summed E-state index contributed by atoms with van der Waals surface area (Å²) in [5, 5.41) is 8.52. The Balaban J connectivity index is 2.04. The van der Waals surface area contributed by atoms with E-state index >= 15 is 0 Å². The average Bonchev–Trinajstić information content (AvgIpc) is 2.85. The maximum atomic E-state index is 12.2. The molecule has 1 saturated heterocycles. The lowest BCUT2D eigenvalue weighted by Gasteiger charge is -2.36. The average molecular weight is 272 g/mol. The number of para-hydroxylation sites is 1. The van der Waals surface area contributed by atoms with Crippen molar-refractivity contribution >= 4 is 16.9 Å². The van der Waals surface area contributed by atoms with E-state index < -0.39 is 0 Å². The summed E-state index contributed by atoms with van der Waals surface area (Å²) >= 11 is 0. The summed E-state index contributed by atoms with van der Waals surface area (Å²) in [5.41, 5.74) is 1.87. The molecule has 0 saturated carbocycles. The molecule has 0 N–H and O–H groups in total. The number of nitrogens with zero attached hydrogens (tertiary/aromatic N) is 4. The summed E-state index contributed by atoms with van der Waals surface area (Å²) < 4.78 is 1.91. The fourth-order valence-electron chi connectivity index (χ4n) is 2.96. The van der Waals surface area contributed by atoms with E-state index in [4.69, 9.17) is 0 Å². The van der Waals surface area contributed by atoms with Gasteiger partial charge in [0.05, 0.1) is 5.52 Å². The molecule has 5 heteroatoms. The van der Waals surface area contributed by atoms with Crippen LogP contribution in [0.3, 0.4) is 0 Å². The number of amides is 1. The lowest BCUT2D eigenvalue weighted by Crippen LogP contribution is -2.43. The molecule has 2 aromatic rings. The van der Waals surface area contributed by atoms with E-state index in [0.717, 1.165) is 30.4 Å². The molecule has 1 aliphatic rings. The van der Waals surface area contributed by atoms with Crippen LogP contribution in [0.15, 0.2) is 24.3 Å². The Kier molecular flexibility index (Phi) is 3.42. The second-order valence-corrected chi connectivity index (χ2v) is 5.72. The van der Waals surface area contributed by atoms with Crippen molar-refractivity contribution in [2.24, 2.45) is 5.92 Å². The minimum Gasteiger partial charge on any atom is -0.320 e. The van der Waals surface area contributed by atoms with Crippen molar-refractivity contribution in [3.05, 3.63) is 24.3 Å². The van der Waals surface area contributed by atoms with Crippen LogP contribution in [0.2, 0.25) is 0 Å². The van der Waals surface area contributed by atoms with E-state index in [2.05, 4.69) is 24.2 Å². The fraction of sp³-hybridized carbons (Fsp3) is 0.533.